The van der Waals surface area contributed by atoms with Crippen LogP contribution in [-0.4, -0.2) is 24.9 Å². The fraction of sp³-hybridized carbons (Fsp3) is 0.0290. The molecule has 13 rings (SSSR count). The maximum Gasteiger partial charge on any atom is 0.159 e. The molecule has 0 saturated heterocycles. The maximum atomic E-state index is 7.05. The molecule has 354 valence electrons. The van der Waals surface area contributed by atoms with Crippen LogP contribution in [-0.2, 0) is 12.8 Å². The quantitative estimate of drug-likeness (QED) is 0.151. The molecule has 12 aromatic rings. The second kappa shape index (κ2) is 19.9. The molecular weight excluding hydrogens is 915 g/mol. The van der Waals surface area contributed by atoms with Crippen LogP contribution in [0.4, 0.5) is 0 Å². The lowest BCUT2D eigenvalue weighted by Gasteiger charge is -2.19. The molecule has 0 N–H and O–H groups in total. The van der Waals surface area contributed by atoms with E-state index in [0.717, 1.165) is 130 Å². The van der Waals surface area contributed by atoms with Crippen molar-refractivity contribution in [1.29, 1.82) is 0 Å². The molecule has 0 atom stereocenters. The number of rotatable bonds is 8. The highest BCUT2D eigenvalue weighted by Gasteiger charge is 2.20. The molecule has 75 heavy (non-hydrogen) atoms. The van der Waals surface area contributed by atoms with Gasteiger partial charge in [0, 0.05) is 57.8 Å². The number of nitrogens with zero attached hydrogens (tertiary/aromatic N) is 5. The first-order chi connectivity index (χ1) is 37.1. The minimum absolute atomic E-state index is 0.648. The van der Waals surface area contributed by atoms with Crippen molar-refractivity contribution in [2.75, 3.05) is 0 Å². The fourth-order valence-electron chi connectivity index (χ4n) is 10.3. The fourth-order valence-corrected chi connectivity index (χ4v) is 10.3. The molecule has 8 aromatic carbocycles. The van der Waals surface area contributed by atoms with Crippen molar-refractivity contribution in [2.45, 2.75) is 12.8 Å². The average Bonchev–Trinajstić information content (AvgIpc) is 3.50. The Morgan fingerprint density at radius 2 is 0.747 bits per heavy atom. The largest absolute Gasteiger partial charge is 0.457 e. The molecule has 1 aliphatic rings. The number of benzene rings is 8. The minimum Gasteiger partial charge on any atom is -0.457 e. The standard InChI is InChI=1S/C69H47N5O/c1-3-18-60(58(16-1)46-25-29-48(30-26-46)65-22-7-9-38-70-65)52-41-53(61-19-4-2-17-59(61)47-27-31-49(32-28-47)66-23-8-10-39-71-66)43-54(42-52)62-20-5-6-21-63(62)64-36-33-51-45-68(64)75-57-15-11-13-50(44-57)67-24-12-14-55(73-67)34-35-56-37-40-72-69(51)74-56/h1-33,36-45H,34-35H2. The number of aromatic nitrogens is 5. The molecule has 1 aliphatic heterocycles. The monoisotopic (exact) mass is 961 g/mol. The van der Waals surface area contributed by atoms with Crippen LogP contribution in [0.2, 0.25) is 0 Å². The lowest BCUT2D eigenvalue weighted by Crippen LogP contribution is -2.00. The Kier molecular flexibility index (Phi) is 12.0. The van der Waals surface area contributed by atoms with Crippen LogP contribution in [0.25, 0.3) is 112 Å². The first-order valence-corrected chi connectivity index (χ1v) is 25.3. The van der Waals surface area contributed by atoms with Crippen molar-refractivity contribution in [2.24, 2.45) is 0 Å². The molecule has 0 radical (unpaired) electrons. The molecule has 6 heteroatoms. The molecule has 4 aromatic heterocycles. The first kappa shape index (κ1) is 45.0. The van der Waals surface area contributed by atoms with Gasteiger partial charge in [-0.1, -0.05) is 158 Å². The van der Waals surface area contributed by atoms with Crippen molar-refractivity contribution >= 4 is 0 Å². The van der Waals surface area contributed by atoms with Gasteiger partial charge in [0.15, 0.2) is 5.82 Å². The summed E-state index contributed by atoms with van der Waals surface area (Å²) in [5.74, 6) is 2.05. The van der Waals surface area contributed by atoms with Gasteiger partial charge >= 0.3 is 0 Å². The second-order valence-electron chi connectivity index (χ2n) is 18.7. The van der Waals surface area contributed by atoms with Crippen LogP contribution in [0.15, 0.2) is 261 Å². The second-order valence-corrected chi connectivity index (χ2v) is 18.7. The molecule has 0 fully saturated rings. The zero-order valence-electron chi connectivity index (χ0n) is 40.9. The van der Waals surface area contributed by atoms with Crippen LogP contribution in [0, 0.1) is 0 Å². The third-order valence-electron chi connectivity index (χ3n) is 14.0. The van der Waals surface area contributed by atoms with E-state index >= 15 is 0 Å². The first-order valence-electron chi connectivity index (χ1n) is 25.3. The Morgan fingerprint density at radius 1 is 0.267 bits per heavy atom. The highest BCUT2D eigenvalue weighted by Crippen LogP contribution is 2.45. The van der Waals surface area contributed by atoms with Crippen molar-refractivity contribution in [1.82, 2.24) is 24.9 Å². The molecule has 0 amide bonds. The third kappa shape index (κ3) is 9.29. The number of ether oxygens (including phenoxy) is 1. The van der Waals surface area contributed by atoms with Gasteiger partial charge in [0.05, 0.1) is 17.1 Å². The van der Waals surface area contributed by atoms with Crippen LogP contribution in [0.3, 0.4) is 0 Å². The van der Waals surface area contributed by atoms with Gasteiger partial charge in [0.1, 0.15) is 11.5 Å². The van der Waals surface area contributed by atoms with Crippen molar-refractivity contribution in [3.8, 4) is 123 Å². The zero-order valence-corrected chi connectivity index (χ0v) is 40.9. The number of fused-ring (bicyclic) bond motifs is 10. The Hall–Kier alpha value is -9.91. The van der Waals surface area contributed by atoms with Crippen molar-refractivity contribution in [3.63, 3.8) is 0 Å². The van der Waals surface area contributed by atoms with Gasteiger partial charge in [-0.3, -0.25) is 15.0 Å². The van der Waals surface area contributed by atoms with Crippen LogP contribution in [0.1, 0.15) is 11.4 Å². The molecule has 0 unspecified atom stereocenters. The molecule has 8 bridgehead atoms. The molecule has 0 spiro atoms. The highest BCUT2D eigenvalue weighted by atomic mass is 16.5. The van der Waals surface area contributed by atoms with Gasteiger partial charge in [0.2, 0.25) is 0 Å². The molecular formula is C69H47N5O. The summed E-state index contributed by atoms with van der Waals surface area (Å²) in [5, 5.41) is 0. The summed E-state index contributed by atoms with van der Waals surface area (Å²) >= 11 is 0. The summed E-state index contributed by atoms with van der Waals surface area (Å²) in [4.78, 5) is 24.1. The van der Waals surface area contributed by atoms with Gasteiger partial charge in [-0.2, -0.15) is 0 Å². The normalized spacial score (nSPS) is 11.7. The lowest BCUT2D eigenvalue weighted by atomic mass is 9.86. The molecule has 6 nitrogen and oxygen atoms in total. The van der Waals surface area contributed by atoms with Crippen LogP contribution < -0.4 is 4.74 Å². The van der Waals surface area contributed by atoms with Gasteiger partial charge < -0.3 is 4.74 Å². The van der Waals surface area contributed by atoms with E-state index in [1.807, 2.05) is 73.2 Å². The van der Waals surface area contributed by atoms with Crippen molar-refractivity contribution < 1.29 is 4.74 Å². The Balaban J connectivity index is 0.980. The summed E-state index contributed by atoms with van der Waals surface area (Å²) in [5.41, 5.74) is 21.8. The van der Waals surface area contributed by atoms with E-state index in [4.69, 9.17) is 19.7 Å². The number of pyridine rings is 3. The van der Waals surface area contributed by atoms with E-state index in [9.17, 15) is 0 Å². The van der Waals surface area contributed by atoms with Crippen LogP contribution >= 0.6 is 0 Å². The molecule has 5 heterocycles. The smallest absolute Gasteiger partial charge is 0.159 e. The van der Waals surface area contributed by atoms with E-state index in [2.05, 4.69) is 198 Å². The van der Waals surface area contributed by atoms with E-state index in [-0.39, 0.29) is 0 Å². The summed E-state index contributed by atoms with van der Waals surface area (Å²) < 4.78 is 7.05. The summed E-state index contributed by atoms with van der Waals surface area (Å²) in [7, 11) is 0. The highest BCUT2D eigenvalue weighted by molar-refractivity contribution is 5.95. The van der Waals surface area contributed by atoms with E-state index in [1.165, 1.54) is 0 Å². The van der Waals surface area contributed by atoms with Gasteiger partial charge in [-0.25, -0.2) is 9.97 Å². The number of hydrogen-bond donors (Lipinski definition) is 0. The topological polar surface area (TPSA) is 73.7 Å². The zero-order chi connectivity index (χ0) is 49.9. The third-order valence-corrected chi connectivity index (χ3v) is 14.0. The predicted octanol–water partition coefficient (Wildman–Crippen LogP) is 17.2. The van der Waals surface area contributed by atoms with E-state index in [0.29, 0.717) is 17.3 Å². The Labute approximate surface area is 436 Å². The van der Waals surface area contributed by atoms with Gasteiger partial charge in [-0.05, 0) is 159 Å². The van der Waals surface area contributed by atoms with E-state index < -0.39 is 0 Å². The number of hydrogen-bond acceptors (Lipinski definition) is 6. The molecule has 0 saturated carbocycles. The summed E-state index contributed by atoms with van der Waals surface area (Å²) in [6.45, 7) is 0. The van der Waals surface area contributed by atoms with Gasteiger partial charge in [0.25, 0.3) is 0 Å². The Morgan fingerprint density at radius 3 is 1.32 bits per heavy atom. The molecule has 0 aliphatic carbocycles. The Bertz CT molecular complexity index is 3880. The van der Waals surface area contributed by atoms with Crippen molar-refractivity contribution in [3.05, 3.63) is 273 Å². The maximum absolute atomic E-state index is 7.05. The lowest BCUT2D eigenvalue weighted by molar-refractivity contribution is 0.485. The van der Waals surface area contributed by atoms with Crippen LogP contribution in [0.5, 0.6) is 11.5 Å². The summed E-state index contributed by atoms with van der Waals surface area (Å²) in [6.07, 6.45) is 7.03. The SMILES string of the molecule is c1ccc(-c2ccc(-c3ccccc3-c3cc(-c4ccccc4-c4ccc(-c5ccccn5)cc4)cc(-c4ccccc4-c4ccc5cc4Oc4cccc(c4)-c4cccc(n4)CCc4ccnc-5n4)c3)cc2)nc1. The average molecular weight is 962 g/mol. The van der Waals surface area contributed by atoms with E-state index in [1.54, 1.807) is 0 Å². The summed E-state index contributed by atoms with van der Waals surface area (Å²) in [6, 6.07) is 85.4. The predicted molar refractivity (Wildman–Crippen MR) is 304 cm³/mol. The minimum atomic E-state index is 0.648. The van der Waals surface area contributed by atoms with Gasteiger partial charge in [-0.15, -0.1) is 0 Å². The number of aryl methyl sites for hydroxylation is 2.